The quantitative estimate of drug-likeness (QED) is 0.758. The fraction of sp³-hybridized carbons (Fsp3) is 0.667. The molecule has 0 aromatic heterocycles. The number of rotatable bonds is 9. The van der Waals surface area contributed by atoms with Crippen molar-refractivity contribution < 1.29 is 9.84 Å². The molecule has 3 nitrogen and oxygen atoms in total. The van der Waals surface area contributed by atoms with Crippen molar-refractivity contribution in [3.8, 4) is 0 Å². The van der Waals surface area contributed by atoms with Crippen LogP contribution in [0.5, 0.6) is 0 Å². The topological polar surface area (TPSA) is 32.7 Å². The zero-order valence-electron chi connectivity index (χ0n) is 13.0. The zero-order chi connectivity index (χ0) is 14.8. The Morgan fingerprint density at radius 1 is 1.05 bits per heavy atom. The Balaban J connectivity index is 1.73. The average molecular weight is 291 g/mol. The molecule has 118 valence electrons. The van der Waals surface area contributed by atoms with Gasteiger partial charge in [-0.25, -0.2) is 0 Å². The van der Waals surface area contributed by atoms with Gasteiger partial charge in [-0.3, -0.25) is 0 Å². The molecular weight excluding hydrogens is 262 g/mol. The van der Waals surface area contributed by atoms with E-state index in [-0.39, 0.29) is 12.7 Å². The van der Waals surface area contributed by atoms with Gasteiger partial charge in [0, 0.05) is 13.2 Å². The number of piperidine rings is 1. The second-order valence-electron chi connectivity index (χ2n) is 5.98. The maximum absolute atomic E-state index is 9.05. The molecule has 1 aromatic carbocycles. The number of aliphatic hydroxyl groups excluding tert-OH is 1. The minimum absolute atomic E-state index is 0.259. The lowest BCUT2D eigenvalue weighted by molar-refractivity contribution is 0.0177. The third-order valence-electron chi connectivity index (χ3n) is 4.23. The Labute approximate surface area is 128 Å². The number of likely N-dealkylation sites (tertiary alicyclic amines) is 1. The van der Waals surface area contributed by atoms with Crippen molar-refractivity contribution in [1.82, 2.24) is 4.90 Å². The van der Waals surface area contributed by atoms with E-state index >= 15 is 0 Å². The van der Waals surface area contributed by atoms with Crippen molar-refractivity contribution in [3.63, 3.8) is 0 Å². The van der Waals surface area contributed by atoms with Gasteiger partial charge in [0.15, 0.2) is 0 Å². The Morgan fingerprint density at radius 2 is 1.81 bits per heavy atom. The molecule has 0 aliphatic carbocycles. The van der Waals surface area contributed by atoms with E-state index in [1.807, 2.05) is 6.07 Å². The van der Waals surface area contributed by atoms with Gasteiger partial charge in [0.1, 0.15) is 0 Å². The summed E-state index contributed by atoms with van der Waals surface area (Å²) in [6, 6.07) is 10.3. The highest BCUT2D eigenvalue weighted by Gasteiger charge is 2.14. The number of hydrogen-bond donors (Lipinski definition) is 1. The molecule has 1 aromatic rings. The third kappa shape index (κ3) is 6.60. The van der Waals surface area contributed by atoms with Gasteiger partial charge in [-0.15, -0.1) is 0 Å². The van der Waals surface area contributed by atoms with Gasteiger partial charge in [0.25, 0.3) is 0 Å². The monoisotopic (exact) mass is 291 g/mol. The Kier molecular flexibility index (Phi) is 7.79. The Hall–Kier alpha value is -0.900. The van der Waals surface area contributed by atoms with Crippen LogP contribution in [0.2, 0.25) is 0 Å². The fourth-order valence-corrected chi connectivity index (χ4v) is 2.93. The number of ether oxygens (including phenoxy) is 1. The minimum Gasteiger partial charge on any atom is -0.396 e. The van der Waals surface area contributed by atoms with Crippen molar-refractivity contribution in [1.29, 1.82) is 0 Å². The molecule has 0 saturated carbocycles. The summed E-state index contributed by atoms with van der Waals surface area (Å²) >= 11 is 0. The molecule has 1 saturated heterocycles. The molecule has 1 aliphatic heterocycles. The lowest BCUT2D eigenvalue weighted by Crippen LogP contribution is -2.32. The number of aliphatic hydroxyl groups is 1. The molecule has 0 spiro atoms. The molecule has 1 aliphatic rings. The van der Waals surface area contributed by atoms with E-state index in [2.05, 4.69) is 29.2 Å². The first-order valence-corrected chi connectivity index (χ1v) is 8.37. The van der Waals surface area contributed by atoms with Gasteiger partial charge in [-0.05, 0) is 50.8 Å². The van der Waals surface area contributed by atoms with E-state index in [1.165, 1.54) is 37.9 Å². The standard InChI is InChI=1S/C18H29NO2/c20-15-7-10-18(11-14-19-12-5-2-6-13-19)21-16-17-8-3-1-4-9-17/h1,3-4,8-9,18,20H,2,5-7,10-16H2. The molecule has 3 heteroatoms. The van der Waals surface area contributed by atoms with Gasteiger partial charge in [-0.2, -0.15) is 0 Å². The first-order chi connectivity index (χ1) is 10.4. The Morgan fingerprint density at radius 3 is 2.52 bits per heavy atom. The van der Waals surface area contributed by atoms with Gasteiger partial charge >= 0.3 is 0 Å². The molecule has 0 amide bonds. The summed E-state index contributed by atoms with van der Waals surface area (Å²) in [5, 5.41) is 9.05. The molecule has 2 rings (SSSR count). The van der Waals surface area contributed by atoms with E-state index in [0.29, 0.717) is 6.61 Å². The van der Waals surface area contributed by atoms with Crippen molar-refractivity contribution >= 4 is 0 Å². The van der Waals surface area contributed by atoms with Crippen LogP contribution in [-0.4, -0.2) is 42.4 Å². The van der Waals surface area contributed by atoms with E-state index in [1.54, 1.807) is 0 Å². The maximum Gasteiger partial charge on any atom is 0.0720 e. The largest absolute Gasteiger partial charge is 0.396 e. The fourth-order valence-electron chi connectivity index (χ4n) is 2.93. The van der Waals surface area contributed by atoms with Crippen LogP contribution in [0, 0.1) is 0 Å². The molecule has 1 fully saturated rings. The second-order valence-corrected chi connectivity index (χ2v) is 5.98. The van der Waals surface area contributed by atoms with Crippen LogP contribution < -0.4 is 0 Å². The summed E-state index contributed by atoms with van der Waals surface area (Å²) in [4.78, 5) is 2.56. The van der Waals surface area contributed by atoms with Gasteiger partial charge < -0.3 is 14.7 Å². The van der Waals surface area contributed by atoms with Gasteiger partial charge in [-0.1, -0.05) is 36.8 Å². The molecular formula is C18H29NO2. The third-order valence-corrected chi connectivity index (χ3v) is 4.23. The van der Waals surface area contributed by atoms with Crippen LogP contribution >= 0.6 is 0 Å². The second kappa shape index (κ2) is 9.93. The van der Waals surface area contributed by atoms with Crippen molar-refractivity contribution in [2.45, 2.75) is 51.2 Å². The summed E-state index contributed by atoms with van der Waals surface area (Å²) < 4.78 is 6.08. The molecule has 1 atom stereocenters. The number of benzene rings is 1. The lowest BCUT2D eigenvalue weighted by Gasteiger charge is -2.28. The first kappa shape index (κ1) is 16.5. The van der Waals surface area contributed by atoms with E-state index in [0.717, 1.165) is 25.8 Å². The molecule has 0 bridgehead atoms. The van der Waals surface area contributed by atoms with Crippen LogP contribution in [0.15, 0.2) is 30.3 Å². The molecule has 21 heavy (non-hydrogen) atoms. The van der Waals surface area contributed by atoms with Crippen molar-refractivity contribution in [3.05, 3.63) is 35.9 Å². The lowest BCUT2D eigenvalue weighted by atomic mass is 10.1. The van der Waals surface area contributed by atoms with Crippen LogP contribution in [0.3, 0.4) is 0 Å². The van der Waals surface area contributed by atoms with E-state index in [9.17, 15) is 0 Å². The van der Waals surface area contributed by atoms with Crippen LogP contribution in [-0.2, 0) is 11.3 Å². The summed E-state index contributed by atoms with van der Waals surface area (Å²) in [7, 11) is 0. The highest BCUT2D eigenvalue weighted by Crippen LogP contribution is 2.14. The SMILES string of the molecule is OCCCC(CCN1CCCCC1)OCc1ccccc1. The minimum atomic E-state index is 0.259. The predicted octanol–water partition coefficient (Wildman–Crippen LogP) is 3.22. The molecule has 1 unspecified atom stereocenters. The number of nitrogens with zero attached hydrogens (tertiary/aromatic N) is 1. The summed E-state index contributed by atoms with van der Waals surface area (Å²) in [6.45, 7) is 4.55. The van der Waals surface area contributed by atoms with Gasteiger partial charge in [0.2, 0.25) is 0 Å². The Bertz CT molecular complexity index is 363. The van der Waals surface area contributed by atoms with Crippen molar-refractivity contribution in [2.24, 2.45) is 0 Å². The molecule has 0 radical (unpaired) electrons. The summed E-state index contributed by atoms with van der Waals surface area (Å²) in [5.74, 6) is 0. The van der Waals surface area contributed by atoms with Crippen LogP contribution in [0.4, 0.5) is 0 Å². The zero-order valence-corrected chi connectivity index (χ0v) is 13.0. The van der Waals surface area contributed by atoms with E-state index < -0.39 is 0 Å². The van der Waals surface area contributed by atoms with E-state index in [4.69, 9.17) is 9.84 Å². The number of hydrogen-bond acceptors (Lipinski definition) is 3. The van der Waals surface area contributed by atoms with Crippen LogP contribution in [0.1, 0.15) is 44.1 Å². The normalized spacial score (nSPS) is 17.8. The highest BCUT2D eigenvalue weighted by atomic mass is 16.5. The highest BCUT2D eigenvalue weighted by molar-refractivity contribution is 5.13. The smallest absolute Gasteiger partial charge is 0.0720 e. The maximum atomic E-state index is 9.05. The first-order valence-electron chi connectivity index (χ1n) is 8.37. The van der Waals surface area contributed by atoms with Crippen LogP contribution in [0.25, 0.3) is 0 Å². The summed E-state index contributed by atoms with van der Waals surface area (Å²) in [5.41, 5.74) is 1.23. The molecule has 1 N–H and O–H groups in total. The van der Waals surface area contributed by atoms with Crippen molar-refractivity contribution in [2.75, 3.05) is 26.2 Å². The summed E-state index contributed by atoms with van der Waals surface area (Å²) in [6.07, 6.45) is 7.19. The average Bonchev–Trinajstić information content (AvgIpc) is 2.56. The molecule has 1 heterocycles. The van der Waals surface area contributed by atoms with Gasteiger partial charge in [0.05, 0.1) is 12.7 Å². The predicted molar refractivity (Wildman–Crippen MR) is 86.2 cm³/mol.